The minimum Gasteiger partial charge on any atom is -0.497 e. The van der Waals surface area contributed by atoms with Crippen molar-refractivity contribution in [2.75, 3.05) is 12.4 Å². The molecule has 0 fully saturated rings. The third kappa shape index (κ3) is 2.95. The van der Waals surface area contributed by atoms with Gasteiger partial charge in [0.15, 0.2) is 11.6 Å². The van der Waals surface area contributed by atoms with E-state index in [9.17, 15) is 0 Å². The molecule has 0 radical (unpaired) electrons. The lowest BCUT2D eigenvalue weighted by molar-refractivity contribution is 0.400. The van der Waals surface area contributed by atoms with Crippen LogP contribution in [0.5, 0.6) is 5.75 Å². The van der Waals surface area contributed by atoms with E-state index in [2.05, 4.69) is 26.0 Å². The molecule has 0 atom stereocenters. The minimum atomic E-state index is 0.581. The van der Waals surface area contributed by atoms with Gasteiger partial charge in [0.25, 0.3) is 0 Å². The van der Waals surface area contributed by atoms with Crippen LogP contribution >= 0.6 is 0 Å². The number of hydrogen-bond acceptors (Lipinski definition) is 7. The van der Waals surface area contributed by atoms with Crippen LogP contribution in [0.4, 0.5) is 5.82 Å². The lowest BCUT2D eigenvalue weighted by Gasteiger charge is -2.03. The van der Waals surface area contributed by atoms with Crippen LogP contribution in [-0.4, -0.2) is 32.5 Å². The summed E-state index contributed by atoms with van der Waals surface area (Å²) in [5.41, 5.74) is 0.836. The van der Waals surface area contributed by atoms with Gasteiger partial charge in [0.2, 0.25) is 0 Å². The molecule has 0 aliphatic rings. The first kappa shape index (κ1) is 13.8. The van der Waals surface area contributed by atoms with E-state index in [1.54, 1.807) is 30.1 Å². The van der Waals surface area contributed by atoms with Gasteiger partial charge in [-0.25, -0.2) is 0 Å². The molecule has 0 aliphatic heterocycles. The Labute approximate surface area is 126 Å². The van der Waals surface area contributed by atoms with Crippen molar-refractivity contribution in [3.8, 4) is 11.4 Å². The summed E-state index contributed by atoms with van der Waals surface area (Å²) in [5, 5.41) is 18.4. The van der Waals surface area contributed by atoms with Crippen molar-refractivity contribution < 1.29 is 9.26 Å². The molecule has 2 aromatic heterocycles. The highest BCUT2D eigenvalue weighted by Gasteiger charge is 2.05. The minimum absolute atomic E-state index is 0.581. The molecule has 1 aromatic carbocycles. The van der Waals surface area contributed by atoms with E-state index < -0.39 is 0 Å². The van der Waals surface area contributed by atoms with E-state index in [1.165, 1.54) is 0 Å². The third-order valence-corrected chi connectivity index (χ3v) is 2.90. The molecule has 8 heteroatoms. The second kappa shape index (κ2) is 6.08. The molecule has 1 N–H and O–H groups in total. The summed E-state index contributed by atoms with van der Waals surface area (Å²) < 4.78 is 11.7. The Balaban J connectivity index is 1.76. The third-order valence-electron chi connectivity index (χ3n) is 2.90. The maximum Gasteiger partial charge on any atom is 0.181 e. The fourth-order valence-corrected chi connectivity index (χ4v) is 1.84. The Morgan fingerprint density at radius 2 is 2.09 bits per heavy atom. The van der Waals surface area contributed by atoms with Gasteiger partial charge in [0.1, 0.15) is 11.5 Å². The highest BCUT2D eigenvalue weighted by atomic mass is 16.5. The summed E-state index contributed by atoms with van der Waals surface area (Å²) in [6.07, 6.45) is 3.44. The lowest BCUT2D eigenvalue weighted by Crippen LogP contribution is -2.00. The average Bonchev–Trinajstić information content (AvgIpc) is 3.17. The van der Waals surface area contributed by atoms with Gasteiger partial charge in [-0.3, -0.25) is 0 Å². The van der Waals surface area contributed by atoms with Crippen LogP contribution in [-0.2, 0) is 0 Å². The smallest absolute Gasteiger partial charge is 0.181 e. The van der Waals surface area contributed by atoms with Gasteiger partial charge < -0.3 is 14.6 Å². The summed E-state index contributed by atoms with van der Waals surface area (Å²) in [7, 11) is 1.62. The van der Waals surface area contributed by atoms with E-state index >= 15 is 0 Å². The topological polar surface area (TPSA) is 90.9 Å². The summed E-state index contributed by atoms with van der Waals surface area (Å²) in [6, 6.07) is 9.24. The zero-order valence-corrected chi connectivity index (χ0v) is 12.1. The Morgan fingerprint density at radius 3 is 2.77 bits per heavy atom. The monoisotopic (exact) mass is 298 g/mol. The molecule has 0 unspecified atom stereocenters. The molecule has 0 aliphatic carbocycles. The van der Waals surface area contributed by atoms with Crippen LogP contribution in [0.3, 0.4) is 0 Å². The van der Waals surface area contributed by atoms with Gasteiger partial charge in [0.05, 0.1) is 12.8 Å². The maximum absolute atomic E-state index is 5.13. The summed E-state index contributed by atoms with van der Waals surface area (Å²) >= 11 is 0. The van der Waals surface area contributed by atoms with Gasteiger partial charge in [0, 0.05) is 18.3 Å². The van der Waals surface area contributed by atoms with Gasteiger partial charge >= 0.3 is 0 Å². The molecule has 0 saturated heterocycles. The highest BCUT2D eigenvalue weighted by molar-refractivity contribution is 5.49. The normalized spacial score (nSPS) is 11.0. The molecule has 0 bridgehead atoms. The number of anilines is 1. The van der Waals surface area contributed by atoms with Crippen LogP contribution in [0.25, 0.3) is 11.8 Å². The van der Waals surface area contributed by atoms with E-state index in [4.69, 9.17) is 9.26 Å². The van der Waals surface area contributed by atoms with Crippen LogP contribution in [0.15, 0.2) is 41.1 Å². The number of nitrogens with one attached hydrogen (secondary N) is 1. The number of rotatable bonds is 5. The van der Waals surface area contributed by atoms with Gasteiger partial charge in [-0.05, 0) is 41.6 Å². The van der Waals surface area contributed by atoms with Crippen molar-refractivity contribution in [2.45, 2.75) is 6.92 Å². The van der Waals surface area contributed by atoms with E-state index in [0.717, 1.165) is 17.2 Å². The number of aryl methyl sites for hydroxylation is 1. The van der Waals surface area contributed by atoms with Crippen LogP contribution in [0.2, 0.25) is 0 Å². The fraction of sp³-hybridized carbons (Fsp3) is 0.143. The van der Waals surface area contributed by atoms with Crippen LogP contribution in [0, 0.1) is 6.92 Å². The molecule has 8 nitrogen and oxygen atoms in total. The molecule has 112 valence electrons. The molecule has 0 spiro atoms. The molecule has 22 heavy (non-hydrogen) atoms. The molecular weight excluding hydrogens is 284 g/mol. The van der Waals surface area contributed by atoms with Gasteiger partial charge in [-0.1, -0.05) is 5.16 Å². The molecule has 3 aromatic rings. The second-order valence-corrected chi connectivity index (χ2v) is 4.45. The molecule has 0 amide bonds. The largest absolute Gasteiger partial charge is 0.497 e. The lowest BCUT2D eigenvalue weighted by atomic mass is 10.3. The number of tetrazole rings is 1. The van der Waals surface area contributed by atoms with Crippen LogP contribution < -0.4 is 10.1 Å². The number of methoxy groups -OCH3 is 1. The van der Waals surface area contributed by atoms with Crippen molar-refractivity contribution in [1.29, 1.82) is 0 Å². The zero-order chi connectivity index (χ0) is 15.4. The molecule has 3 rings (SSSR count). The average molecular weight is 298 g/mol. The summed E-state index contributed by atoms with van der Waals surface area (Å²) in [5.74, 6) is 2.71. The summed E-state index contributed by atoms with van der Waals surface area (Å²) in [4.78, 5) is 0. The summed E-state index contributed by atoms with van der Waals surface area (Å²) in [6.45, 7) is 1.83. The number of benzene rings is 1. The van der Waals surface area contributed by atoms with E-state index in [0.29, 0.717) is 11.6 Å². The Kier molecular flexibility index (Phi) is 3.82. The number of hydrogen-bond donors (Lipinski definition) is 1. The Bertz CT molecular complexity index is 775. The highest BCUT2D eigenvalue weighted by Crippen LogP contribution is 2.15. The first-order valence-electron chi connectivity index (χ1n) is 6.55. The predicted molar refractivity (Wildman–Crippen MR) is 79.6 cm³/mol. The SMILES string of the molecule is COc1ccc(-n2nnnc2C=CNc2cc(C)on2)cc1. The molecular formula is C14H14N6O2. The number of nitrogens with zero attached hydrogens (tertiary/aromatic N) is 5. The van der Waals surface area contributed by atoms with Crippen molar-refractivity contribution in [1.82, 2.24) is 25.4 Å². The Hall–Kier alpha value is -3.16. The van der Waals surface area contributed by atoms with Crippen LogP contribution in [0.1, 0.15) is 11.6 Å². The van der Waals surface area contributed by atoms with E-state index in [-0.39, 0.29) is 0 Å². The van der Waals surface area contributed by atoms with Gasteiger partial charge in [-0.15, -0.1) is 5.10 Å². The van der Waals surface area contributed by atoms with Crippen molar-refractivity contribution in [3.05, 3.63) is 48.1 Å². The van der Waals surface area contributed by atoms with Gasteiger partial charge in [-0.2, -0.15) is 4.68 Å². The molecule has 0 saturated carbocycles. The van der Waals surface area contributed by atoms with Crippen molar-refractivity contribution in [3.63, 3.8) is 0 Å². The first-order valence-corrected chi connectivity index (χ1v) is 6.55. The Morgan fingerprint density at radius 1 is 1.27 bits per heavy atom. The van der Waals surface area contributed by atoms with Crippen molar-refractivity contribution >= 4 is 11.9 Å². The zero-order valence-electron chi connectivity index (χ0n) is 12.1. The quantitative estimate of drug-likeness (QED) is 0.770. The second-order valence-electron chi connectivity index (χ2n) is 4.45. The standard InChI is InChI=1S/C14H14N6O2/c1-10-9-13(17-22-10)15-8-7-14-16-18-19-20(14)11-3-5-12(21-2)6-4-11/h3-9H,1-2H3,(H,15,17). The number of aromatic nitrogens is 5. The first-order chi connectivity index (χ1) is 10.8. The molecule has 2 heterocycles. The fourth-order valence-electron chi connectivity index (χ4n) is 1.84. The van der Waals surface area contributed by atoms with E-state index in [1.807, 2.05) is 31.2 Å². The maximum atomic E-state index is 5.13. The van der Waals surface area contributed by atoms with Crippen molar-refractivity contribution in [2.24, 2.45) is 0 Å². The number of ether oxygens (including phenoxy) is 1. The predicted octanol–water partition coefficient (Wildman–Crippen LogP) is 2.05.